The number of para-hydroxylation sites is 1. The molecule has 5 nitrogen and oxygen atoms in total. The van der Waals surface area contributed by atoms with Crippen LogP contribution in [0.1, 0.15) is 6.92 Å². The molecule has 2 N–H and O–H groups in total. The van der Waals surface area contributed by atoms with Crippen molar-refractivity contribution < 1.29 is 14.6 Å². The summed E-state index contributed by atoms with van der Waals surface area (Å²) < 4.78 is 12.0. The number of rotatable bonds is 4. The molecule has 4 rings (SSSR count). The van der Waals surface area contributed by atoms with Crippen molar-refractivity contribution >= 4 is 21.7 Å². The maximum atomic E-state index is 10.3. The Kier molecular flexibility index (Phi) is 4.42. The number of benzene rings is 2. The van der Waals surface area contributed by atoms with Crippen LogP contribution in [0.3, 0.4) is 0 Å². The fraction of sp³-hybridized carbons (Fsp3) is 0.150. The van der Waals surface area contributed by atoms with Crippen LogP contribution in [0.15, 0.2) is 53.0 Å². The minimum Gasteiger partial charge on any atom is -0.507 e. The van der Waals surface area contributed by atoms with Crippen LogP contribution in [0, 0.1) is 0 Å². The number of ether oxygens (including phenoxy) is 2. The monoisotopic (exact) mass is 412 g/mol. The summed E-state index contributed by atoms with van der Waals surface area (Å²) in [4.78, 5) is 4.65. The van der Waals surface area contributed by atoms with E-state index in [0.29, 0.717) is 11.3 Å². The van der Waals surface area contributed by atoms with Crippen molar-refractivity contribution in [2.45, 2.75) is 6.92 Å². The zero-order chi connectivity index (χ0) is 18.1. The zero-order valence-corrected chi connectivity index (χ0v) is 15.7. The molecule has 0 fully saturated rings. The highest BCUT2D eigenvalue weighted by molar-refractivity contribution is 9.10. The summed E-state index contributed by atoms with van der Waals surface area (Å²) in [6.45, 7) is 2.98. The van der Waals surface area contributed by atoms with Crippen LogP contribution in [0.2, 0.25) is 0 Å². The molecule has 0 radical (unpaired) electrons. The van der Waals surface area contributed by atoms with Crippen molar-refractivity contribution in [1.82, 2.24) is 4.98 Å². The van der Waals surface area contributed by atoms with Gasteiger partial charge in [-0.1, -0.05) is 28.1 Å². The summed E-state index contributed by atoms with van der Waals surface area (Å²) in [5, 5.41) is 13.6. The van der Waals surface area contributed by atoms with E-state index in [1.165, 1.54) is 0 Å². The normalized spacial score (nSPS) is 12.2. The van der Waals surface area contributed by atoms with Gasteiger partial charge in [-0.3, -0.25) is 0 Å². The maximum Gasteiger partial charge on any atom is 0.231 e. The number of halogens is 1. The number of anilines is 1. The average Bonchev–Trinajstić information content (AvgIpc) is 3.12. The van der Waals surface area contributed by atoms with Crippen molar-refractivity contribution in [2.75, 3.05) is 18.7 Å². The van der Waals surface area contributed by atoms with Crippen LogP contribution in [0.4, 0.5) is 5.82 Å². The summed E-state index contributed by atoms with van der Waals surface area (Å²) in [5.74, 6) is 2.37. The van der Waals surface area contributed by atoms with Crippen LogP contribution in [-0.2, 0) is 0 Å². The van der Waals surface area contributed by atoms with E-state index >= 15 is 0 Å². The van der Waals surface area contributed by atoms with Gasteiger partial charge in [0, 0.05) is 22.1 Å². The molecule has 132 valence electrons. The van der Waals surface area contributed by atoms with Gasteiger partial charge in [0.2, 0.25) is 6.79 Å². The van der Waals surface area contributed by atoms with Gasteiger partial charge in [-0.05, 0) is 48.9 Å². The molecule has 0 saturated carbocycles. The number of fused-ring (bicyclic) bond motifs is 1. The Morgan fingerprint density at radius 3 is 2.85 bits per heavy atom. The second-order valence-corrected chi connectivity index (χ2v) is 6.77. The topological polar surface area (TPSA) is 63.6 Å². The number of phenols is 1. The third kappa shape index (κ3) is 3.08. The van der Waals surface area contributed by atoms with E-state index in [1.807, 2.05) is 43.3 Å². The first-order chi connectivity index (χ1) is 12.7. The van der Waals surface area contributed by atoms with E-state index in [1.54, 1.807) is 12.1 Å². The summed E-state index contributed by atoms with van der Waals surface area (Å²) in [6.07, 6.45) is 0. The number of nitrogens with one attached hydrogen (secondary N) is 1. The number of aromatic hydroxyl groups is 1. The van der Waals surface area contributed by atoms with Gasteiger partial charge in [0.1, 0.15) is 11.6 Å². The van der Waals surface area contributed by atoms with Gasteiger partial charge < -0.3 is 19.9 Å². The molecule has 0 spiro atoms. The number of hydrogen-bond acceptors (Lipinski definition) is 5. The molecule has 6 heteroatoms. The van der Waals surface area contributed by atoms with Crippen LogP contribution < -0.4 is 14.8 Å². The first kappa shape index (κ1) is 16.7. The number of phenolic OH excluding ortho intramolecular Hbond substituents is 1. The van der Waals surface area contributed by atoms with Gasteiger partial charge >= 0.3 is 0 Å². The number of nitrogens with zero attached hydrogens (tertiary/aromatic N) is 1. The summed E-state index contributed by atoms with van der Waals surface area (Å²) >= 11 is 3.46. The van der Waals surface area contributed by atoms with Gasteiger partial charge in [0.15, 0.2) is 11.5 Å². The Balaban J connectivity index is 1.90. The first-order valence-electron chi connectivity index (χ1n) is 8.29. The Morgan fingerprint density at radius 2 is 2.00 bits per heavy atom. The quantitative estimate of drug-likeness (QED) is 0.627. The van der Waals surface area contributed by atoms with Crippen molar-refractivity contribution in [3.63, 3.8) is 0 Å². The van der Waals surface area contributed by atoms with Gasteiger partial charge in [-0.15, -0.1) is 0 Å². The summed E-state index contributed by atoms with van der Waals surface area (Å²) in [7, 11) is 0. The smallest absolute Gasteiger partial charge is 0.231 e. The standard InChI is InChI=1S/C20H17BrN2O3/c1-2-22-19-9-12(14-4-3-5-18-20(14)26-11-25-18)8-16(23-19)15-10-13(21)6-7-17(15)24/h3-10,24H,2,11H2,1H3,(H,22,23). The van der Waals surface area contributed by atoms with Gasteiger partial charge in [-0.25, -0.2) is 4.98 Å². The molecule has 2 heterocycles. The third-order valence-electron chi connectivity index (χ3n) is 4.13. The number of aromatic nitrogens is 1. The fourth-order valence-corrected chi connectivity index (χ4v) is 3.33. The average molecular weight is 413 g/mol. The van der Waals surface area contributed by atoms with Crippen molar-refractivity contribution in [1.29, 1.82) is 0 Å². The molecular weight excluding hydrogens is 396 g/mol. The van der Waals surface area contributed by atoms with E-state index < -0.39 is 0 Å². The highest BCUT2D eigenvalue weighted by Crippen LogP contribution is 2.43. The summed E-state index contributed by atoms with van der Waals surface area (Å²) in [5.41, 5.74) is 3.20. The predicted octanol–water partition coefficient (Wildman–Crippen LogP) is 5.04. The lowest BCUT2D eigenvalue weighted by Gasteiger charge is -2.13. The Morgan fingerprint density at radius 1 is 1.12 bits per heavy atom. The third-order valence-corrected chi connectivity index (χ3v) is 4.62. The van der Waals surface area contributed by atoms with Crippen LogP contribution in [0.5, 0.6) is 17.2 Å². The van der Waals surface area contributed by atoms with Crippen molar-refractivity contribution in [3.8, 4) is 39.6 Å². The summed E-state index contributed by atoms with van der Waals surface area (Å²) in [6, 6.07) is 15.0. The lowest BCUT2D eigenvalue weighted by atomic mass is 10.0. The molecular formula is C20H17BrN2O3. The molecule has 0 saturated heterocycles. The Labute approximate surface area is 159 Å². The highest BCUT2D eigenvalue weighted by atomic mass is 79.9. The van der Waals surface area contributed by atoms with Crippen molar-refractivity contribution in [3.05, 3.63) is 53.0 Å². The lowest BCUT2D eigenvalue weighted by Crippen LogP contribution is -2.01. The van der Waals surface area contributed by atoms with Crippen molar-refractivity contribution in [2.24, 2.45) is 0 Å². The minimum atomic E-state index is 0.179. The SMILES string of the molecule is CCNc1cc(-c2cccc3c2OCO3)cc(-c2cc(Br)ccc2O)n1. The number of pyridine rings is 1. The van der Waals surface area contributed by atoms with Crippen LogP contribution in [-0.4, -0.2) is 23.4 Å². The molecule has 0 aliphatic carbocycles. The van der Waals surface area contributed by atoms with Gasteiger partial charge in [0.25, 0.3) is 0 Å². The molecule has 0 atom stereocenters. The van der Waals surface area contributed by atoms with Crippen LogP contribution >= 0.6 is 15.9 Å². The molecule has 1 aliphatic rings. The first-order valence-corrected chi connectivity index (χ1v) is 9.09. The molecule has 0 bridgehead atoms. The van der Waals surface area contributed by atoms with E-state index in [-0.39, 0.29) is 12.5 Å². The van der Waals surface area contributed by atoms with Gasteiger partial charge in [0.05, 0.1) is 5.69 Å². The lowest BCUT2D eigenvalue weighted by molar-refractivity contribution is 0.174. The van der Waals surface area contributed by atoms with E-state index in [2.05, 4.69) is 26.2 Å². The van der Waals surface area contributed by atoms with Gasteiger partial charge in [-0.2, -0.15) is 0 Å². The second kappa shape index (κ2) is 6.88. The van der Waals surface area contributed by atoms with E-state index in [9.17, 15) is 5.11 Å². The maximum absolute atomic E-state index is 10.3. The molecule has 2 aromatic carbocycles. The fourth-order valence-electron chi connectivity index (χ4n) is 2.97. The Bertz CT molecular complexity index is 975. The van der Waals surface area contributed by atoms with Crippen LogP contribution in [0.25, 0.3) is 22.4 Å². The molecule has 1 aromatic heterocycles. The van der Waals surface area contributed by atoms with E-state index in [4.69, 9.17) is 9.47 Å². The zero-order valence-electron chi connectivity index (χ0n) is 14.1. The minimum absolute atomic E-state index is 0.179. The highest BCUT2D eigenvalue weighted by Gasteiger charge is 2.20. The predicted molar refractivity (Wildman–Crippen MR) is 105 cm³/mol. The molecule has 26 heavy (non-hydrogen) atoms. The molecule has 0 amide bonds. The largest absolute Gasteiger partial charge is 0.507 e. The number of hydrogen-bond donors (Lipinski definition) is 2. The Hall–Kier alpha value is -2.73. The molecule has 0 unspecified atom stereocenters. The molecule has 1 aliphatic heterocycles. The van der Waals surface area contributed by atoms with E-state index in [0.717, 1.165) is 39.5 Å². The molecule has 3 aromatic rings. The second-order valence-electron chi connectivity index (χ2n) is 5.86.